The molecule has 0 saturated carbocycles. The summed E-state index contributed by atoms with van der Waals surface area (Å²) < 4.78 is 22.7. The summed E-state index contributed by atoms with van der Waals surface area (Å²) in [6.45, 7) is -0.429. The summed E-state index contributed by atoms with van der Waals surface area (Å²) in [6, 6.07) is -2.05. The molecule has 1 fully saturated rings. The molecule has 0 unspecified atom stereocenters. The van der Waals surface area contributed by atoms with E-state index in [1.807, 2.05) is 0 Å². The Bertz CT molecular complexity index is 421. The Morgan fingerprint density at radius 2 is 1.94 bits per heavy atom. The van der Waals surface area contributed by atoms with Crippen LogP contribution < -0.4 is 5.32 Å². The minimum absolute atomic E-state index is 0.0269. The van der Waals surface area contributed by atoms with E-state index in [2.05, 4.69) is 5.32 Å². The molecule has 8 nitrogen and oxygen atoms in total. The van der Waals surface area contributed by atoms with Crippen LogP contribution in [0, 0.1) is 0 Å². The molecule has 0 aromatic heterocycles. The molecule has 0 aromatic rings. The average molecular weight is 280 g/mol. The quantitative estimate of drug-likeness (QED) is 0.564. The van der Waals surface area contributed by atoms with Gasteiger partial charge in [0.1, 0.15) is 0 Å². The maximum atomic E-state index is 11.7. The highest BCUT2D eigenvalue weighted by Crippen LogP contribution is 2.05. The van der Waals surface area contributed by atoms with Gasteiger partial charge in [-0.25, -0.2) is 18.0 Å². The molecule has 0 aliphatic carbocycles. The number of nitrogens with zero attached hydrogens (tertiary/aromatic N) is 1. The summed E-state index contributed by atoms with van der Waals surface area (Å²) >= 11 is 0. The smallest absolute Gasteiger partial charge is 0.328 e. The third-order valence-corrected chi connectivity index (χ3v) is 4.34. The molecular weight excluding hydrogens is 264 g/mol. The average Bonchev–Trinajstić information content (AvgIpc) is 2.46. The van der Waals surface area contributed by atoms with Crippen LogP contribution in [-0.2, 0) is 14.6 Å². The summed E-state index contributed by atoms with van der Waals surface area (Å²) in [4.78, 5) is 23.6. The molecule has 1 rings (SSSR count). The topological polar surface area (TPSA) is 124 Å². The minimum atomic E-state index is -3.12. The van der Waals surface area contributed by atoms with Gasteiger partial charge in [-0.2, -0.15) is 0 Å². The Morgan fingerprint density at radius 1 is 1.28 bits per heavy atom. The molecule has 0 spiro atoms. The zero-order chi connectivity index (χ0) is 13.8. The molecule has 1 aliphatic heterocycles. The molecule has 18 heavy (non-hydrogen) atoms. The largest absolute Gasteiger partial charge is 0.480 e. The Morgan fingerprint density at radius 3 is 2.50 bits per heavy atom. The fourth-order valence-electron chi connectivity index (χ4n) is 1.57. The van der Waals surface area contributed by atoms with E-state index in [1.165, 1.54) is 4.90 Å². The van der Waals surface area contributed by atoms with E-state index in [9.17, 15) is 18.0 Å². The molecular formula is C9H16N2O6S. The normalized spacial score (nSPS) is 20.8. The van der Waals surface area contributed by atoms with Gasteiger partial charge in [0.2, 0.25) is 0 Å². The van der Waals surface area contributed by atoms with E-state index in [1.54, 1.807) is 0 Å². The molecule has 104 valence electrons. The third kappa shape index (κ3) is 4.15. The van der Waals surface area contributed by atoms with Gasteiger partial charge in [0.15, 0.2) is 15.9 Å². The van der Waals surface area contributed by atoms with Crippen molar-refractivity contribution in [3.63, 3.8) is 0 Å². The first kappa shape index (κ1) is 14.7. The summed E-state index contributed by atoms with van der Waals surface area (Å²) in [5, 5.41) is 19.6. The first-order valence-electron chi connectivity index (χ1n) is 5.45. The van der Waals surface area contributed by atoms with Crippen molar-refractivity contribution in [2.45, 2.75) is 12.5 Å². The van der Waals surface area contributed by atoms with Crippen molar-refractivity contribution < 1.29 is 28.2 Å². The van der Waals surface area contributed by atoms with E-state index in [4.69, 9.17) is 10.2 Å². The van der Waals surface area contributed by atoms with Crippen LogP contribution in [-0.4, -0.2) is 72.8 Å². The van der Waals surface area contributed by atoms with Gasteiger partial charge in [-0.3, -0.25) is 0 Å². The zero-order valence-electron chi connectivity index (χ0n) is 9.70. The number of aliphatic hydroxyl groups excluding tert-OH is 1. The van der Waals surface area contributed by atoms with Crippen molar-refractivity contribution in [1.82, 2.24) is 10.2 Å². The minimum Gasteiger partial charge on any atom is -0.480 e. The van der Waals surface area contributed by atoms with Gasteiger partial charge in [-0.15, -0.1) is 0 Å². The Labute approximate surface area is 104 Å². The van der Waals surface area contributed by atoms with Crippen LogP contribution in [0.15, 0.2) is 0 Å². The second-order valence-corrected chi connectivity index (χ2v) is 6.32. The van der Waals surface area contributed by atoms with Gasteiger partial charge in [0.25, 0.3) is 0 Å². The molecule has 9 heteroatoms. The molecule has 0 bridgehead atoms. The zero-order valence-corrected chi connectivity index (χ0v) is 10.5. The lowest BCUT2D eigenvalue weighted by atomic mass is 10.3. The molecule has 0 radical (unpaired) electrons. The van der Waals surface area contributed by atoms with Gasteiger partial charge in [0.05, 0.1) is 18.1 Å². The van der Waals surface area contributed by atoms with Crippen LogP contribution in [0.4, 0.5) is 4.79 Å². The van der Waals surface area contributed by atoms with Gasteiger partial charge in [-0.1, -0.05) is 0 Å². The predicted molar refractivity (Wildman–Crippen MR) is 61.9 cm³/mol. The van der Waals surface area contributed by atoms with Crippen LogP contribution >= 0.6 is 0 Å². The fourth-order valence-corrected chi connectivity index (χ4v) is 2.84. The van der Waals surface area contributed by atoms with E-state index in [0.717, 1.165) is 0 Å². The number of carboxylic acids is 1. The van der Waals surface area contributed by atoms with Crippen molar-refractivity contribution >= 4 is 21.8 Å². The second kappa shape index (κ2) is 6.01. The Balaban J connectivity index is 2.59. The Hall–Kier alpha value is -1.35. The number of sulfone groups is 1. The molecule has 2 amide bonds. The number of rotatable bonds is 3. The lowest BCUT2D eigenvalue weighted by Gasteiger charge is -2.22. The van der Waals surface area contributed by atoms with Gasteiger partial charge in [0, 0.05) is 13.1 Å². The molecule has 1 heterocycles. The number of aliphatic hydroxyl groups is 1. The number of carbonyl (C=O) groups is 2. The van der Waals surface area contributed by atoms with Crippen molar-refractivity contribution in [1.29, 1.82) is 0 Å². The van der Waals surface area contributed by atoms with Crippen molar-refractivity contribution in [2.24, 2.45) is 0 Å². The summed E-state index contributed by atoms with van der Waals surface area (Å²) in [6.07, 6.45) is 0.326. The predicted octanol–water partition coefficient (Wildman–Crippen LogP) is -1.74. The lowest BCUT2D eigenvalue weighted by Crippen LogP contribution is -2.50. The summed E-state index contributed by atoms with van der Waals surface area (Å²) in [7, 11) is -3.12. The van der Waals surface area contributed by atoms with Crippen LogP contribution in [0.1, 0.15) is 6.42 Å². The first-order valence-corrected chi connectivity index (χ1v) is 7.27. The summed E-state index contributed by atoms with van der Waals surface area (Å²) in [5.41, 5.74) is 0. The molecule has 1 aliphatic rings. The molecule has 1 saturated heterocycles. The van der Waals surface area contributed by atoms with Crippen LogP contribution in [0.5, 0.6) is 0 Å². The SMILES string of the molecule is O=C(O)[C@H](CO)NC(=O)N1CCCS(=O)(=O)CC1. The highest BCUT2D eigenvalue weighted by molar-refractivity contribution is 7.91. The first-order chi connectivity index (χ1) is 8.35. The highest BCUT2D eigenvalue weighted by Gasteiger charge is 2.25. The van der Waals surface area contributed by atoms with E-state index in [0.29, 0.717) is 6.42 Å². The molecule has 1 atom stereocenters. The number of carboxylic acid groups (broad SMARTS) is 1. The number of hydrogen-bond acceptors (Lipinski definition) is 5. The standard InChI is InChI=1S/C9H16N2O6S/c12-6-7(8(13)14)10-9(15)11-2-1-4-18(16,17)5-3-11/h7,12H,1-6H2,(H,10,15)(H,13,14)/t7-/m0/s1. The number of carbonyl (C=O) groups excluding carboxylic acids is 1. The maximum absolute atomic E-state index is 11.7. The monoisotopic (exact) mass is 280 g/mol. The summed E-state index contributed by atoms with van der Waals surface area (Å²) in [5.74, 6) is -1.44. The van der Waals surface area contributed by atoms with Crippen molar-refractivity contribution in [3.05, 3.63) is 0 Å². The van der Waals surface area contributed by atoms with E-state index in [-0.39, 0.29) is 24.6 Å². The van der Waals surface area contributed by atoms with Crippen LogP contribution in [0.25, 0.3) is 0 Å². The lowest BCUT2D eigenvalue weighted by molar-refractivity contribution is -0.140. The number of hydrogen-bond donors (Lipinski definition) is 3. The number of nitrogens with one attached hydrogen (secondary N) is 1. The van der Waals surface area contributed by atoms with Crippen molar-refractivity contribution in [3.8, 4) is 0 Å². The highest BCUT2D eigenvalue weighted by atomic mass is 32.2. The second-order valence-electron chi connectivity index (χ2n) is 4.02. The van der Waals surface area contributed by atoms with E-state index >= 15 is 0 Å². The maximum Gasteiger partial charge on any atom is 0.328 e. The molecule has 0 aromatic carbocycles. The van der Waals surface area contributed by atoms with Gasteiger partial charge >= 0.3 is 12.0 Å². The number of urea groups is 1. The third-order valence-electron chi connectivity index (χ3n) is 2.62. The Kier molecular flexibility index (Phi) is 4.91. The van der Waals surface area contributed by atoms with E-state index < -0.39 is 34.5 Å². The number of aliphatic carboxylic acids is 1. The van der Waals surface area contributed by atoms with Gasteiger partial charge < -0.3 is 20.4 Å². The fraction of sp³-hybridized carbons (Fsp3) is 0.778. The van der Waals surface area contributed by atoms with Crippen molar-refractivity contribution in [2.75, 3.05) is 31.2 Å². The molecule has 3 N–H and O–H groups in total. The number of amides is 2. The van der Waals surface area contributed by atoms with Crippen LogP contribution in [0.2, 0.25) is 0 Å². The van der Waals surface area contributed by atoms with Gasteiger partial charge in [-0.05, 0) is 6.42 Å². The van der Waals surface area contributed by atoms with Crippen LogP contribution in [0.3, 0.4) is 0 Å².